The Labute approximate surface area is 163 Å². The van der Waals surface area contributed by atoms with E-state index in [1.807, 2.05) is 25.1 Å². The third kappa shape index (κ3) is 4.70. The van der Waals surface area contributed by atoms with Gasteiger partial charge in [-0.1, -0.05) is 29.9 Å². The van der Waals surface area contributed by atoms with E-state index < -0.39 is 0 Å². The summed E-state index contributed by atoms with van der Waals surface area (Å²) in [5.41, 5.74) is 1.94. The van der Waals surface area contributed by atoms with Gasteiger partial charge in [-0.25, -0.2) is 0 Å². The average molecular weight is 401 g/mol. The molecule has 0 saturated heterocycles. The maximum absolute atomic E-state index is 12.3. The minimum Gasteiger partial charge on any atom is -0.311 e. The van der Waals surface area contributed by atoms with Gasteiger partial charge in [0.25, 0.3) is 5.91 Å². The summed E-state index contributed by atoms with van der Waals surface area (Å²) in [6, 6.07) is 9.26. The fraction of sp³-hybridized carbons (Fsp3) is 0.471. The standard InChI is InChI=1S/C17H20N4OS.2ClH/c1-10-20-21-17(23-10)19-16(22)12-5-2-4-11(8-12)14-9-15(14)18-13-6-3-7-13;;/h2,4-5,8,13-15,18H,3,6-7,9H2,1H3,(H,19,21,22);2*1H/t14-,15+;;/m0../s1. The van der Waals surface area contributed by atoms with Crippen molar-refractivity contribution in [3.05, 3.63) is 40.4 Å². The third-order valence-corrected chi connectivity index (χ3v) is 5.42. The molecule has 0 radical (unpaired) electrons. The Bertz CT molecular complexity index is 735. The highest BCUT2D eigenvalue weighted by atomic mass is 35.5. The van der Waals surface area contributed by atoms with Crippen molar-refractivity contribution in [2.24, 2.45) is 0 Å². The van der Waals surface area contributed by atoms with Gasteiger partial charge in [0.15, 0.2) is 0 Å². The number of aryl methyl sites for hydroxylation is 1. The second-order valence-electron chi connectivity index (χ2n) is 6.45. The molecule has 0 aliphatic heterocycles. The summed E-state index contributed by atoms with van der Waals surface area (Å²) in [5, 5.41) is 15.8. The summed E-state index contributed by atoms with van der Waals surface area (Å²) < 4.78 is 0. The van der Waals surface area contributed by atoms with Crippen molar-refractivity contribution in [3.63, 3.8) is 0 Å². The van der Waals surface area contributed by atoms with Crippen LogP contribution in [0.25, 0.3) is 0 Å². The van der Waals surface area contributed by atoms with E-state index in [1.165, 1.54) is 42.6 Å². The highest BCUT2D eigenvalue weighted by molar-refractivity contribution is 7.15. The molecule has 0 bridgehead atoms. The van der Waals surface area contributed by atoms with Gasteiger partial charge in [0.2, 0.25) is 5.13 Å². The molecule has 2 N–H and O–H groups in total. The van der Waals surface area contributed by atoms with E-state index in [9.17, 15) is 4.79 Å². The van der Waals surface area contributed by atoms with E-state index >= 15 is 0 Å². The van der Waals surface area contributed by atoms with Gasteiger partial charge in [0.1, 0.15) is 5.01 Å². The van der Waals surface area contributed by atoms with E-state index in [2.05, 4.69) is 26.9 Å². The third-order valence-electron chi connectivity index (χ3n) is 4.67. The molecule has 2 aliphatic rings. The molecule has 4 rings (SSSR count). The van der Waals surface area contributed by atoms with Crippen LogP contribution < -0.4 is 10.6 Å². The Balaban J connectivity index is 0.00000113. The quantitative estimate of drug-likeness (QED) is 0.797. The fourth-order valence-electron chi connectivity index (χ4n) is 3.05. The summed E-state index contributed by atoms with van der Waals surface area (Å²) in [5.74, 6) is 0.430. The first kappa shape index (κ1) is 20.1. The molecular formula is C17H22Cl2N4OS. The first-order valence-corrected chi connectivity index (χ1v) is 8.98. The van der Waals surface area contributed by atoms with Gasteiger partial charge in [0.05, 0.1) is 0 Å². The van der Waals surface area contributed by atoms with Gasteiger partial charge in [-0.2, -0.15) is 0 Å². The molecule has 1 aromatic carbocycles. The van der Waals surface area contributed by atoms with Crippen LogP contribution in [0, 0.1) is 6.92 Å². The fourth-order valence-corrected chi connectivity index (χ4v) is 3.64. The van der Waals surface area contributed by atoms with Crippen molar-refractivity contribution in [2.75, 3.05) is 5.32 Å². The van der Waals surface area contributed by atoms with Crippen LogP contribution >= 0.6 is 36.2 Å². The van der Waals surface area contributed by atoms with E-state index in [-0.39, 0.29) is 30.7 Å². The minimum atomic E-state index is -0.118. The van der Waals surface area contributed by atoms with Crippen LogP contribution in [0.2, 0.25) is 0 Å². The number of rotatable bonds is 5. The van der Waals surface area contributed by atoms with Crippen molar-refractivity contribution in [2.45, 2.75) is 50.6 Å². The number of anilines is 1. The summed E-state index contributed by atoms with van der Waals surface area (Å²) in [7, 11) is 0. The Morgan fingerprint density at radius 1 is 1.24 bits per heavy atom. The lowest BCUT2D eigenvalue weighted by Gasteiger charge is -2.26. The maximum Gasteiger partial charge on any atom is 0.257 e. The minimum absolute atomic E-state index is 0. The van der Waals surface area contributed by atoms with Crippen LogP contribution in [0.4, 0.5) is 5.13 Å². The van der Waals surface area contributed by atoms with Gasteiger partial charge in [-0.3, -0.25) is 10.1 Å². The molecule has 8 heteroatoms. The van der Waals surface area contributed by atoms with Crippen molar-refractivity contribution >= 4 is 47.2 Å². The number of aromatic nitrogens is 2. The number of nitrogens with zero attached hydrogens (tertiary/aromatic N) is 2. The Kier molecular flexibility index (Phi) is 6.79. The molecule has 2 aliphatic carbocycles. The van der Waals surface area contributed by atoms with Crippen LogP contribution in [-0.2, 0) is 0 Å². The number of carbonyl (C=O) groups is 1. The molecule has 25 heavy (non-hydrogen) atoms. The molecule has 136 valence electrons. The normalized spacial score (nSPS) is 21.5. The van der Waals surface area contributed by atoms with E-state index in [0.717, 1.165) is 11.0 Å². The SMILES string of the molecule is Cc1nnc(NC(=O)c2cccc([C@@H]3C[C@H]3NC3CCC3)c2)s1.Cl.Cl. The summed E-state index contributed by atoms with van der Waals surface area (Å²) >= 11 is 1.39. The zero-order valence-corrected chi connectivity index (χ0v) is 16.3. The largest absolute Gasteiger partial charge is 0.311 e. The number of benzene rings is 1. The zero-order valence-electron chi connectivity index (χ0n) is 13.9. The number of halogens is 2. The lowest BCUT2D eigenvalue weighted by atomic mass is 9.93. The molecule has 2 fully saturated rings. The molecule has 2 saturated carbocycles. The predicted molar refractivity (Wildman–Crippen MR) is 105 cm³/mol. The Morgan fingerprint density at radius 3 is 2.68 bits per heavy atom. The summed E-state index contributed by atoms with van der Waals surface area (Å²) in [6.45, 7) is 1.87. The van der Waals surface area contributed by atoms with Gasteiger partial charge in [-0.05, 0) is 43.9 Å². The molecule has 5 nitrogen and oxygen atoms in total. The van der Waals surface area contributed by atoms with Crippen LogP contribution in [0.3, 0.4) is 0 Å². The highest BCUT2D eigenvalue weighted by Gasteiger charge is 2.40. The topological polar surface area (TPSA) is 66.9 Å². The molecule has 0 unspecified atom stereocenters. The predicted octanol–water partition coefficient (Wildman–Crippen LogP) is 3.94. The average Bonchev–Trinajstić information content (AvgIpc) is 3.17. The zero-order chi connectivity index (χ0) is 15.8. The molecular weight excluding hydrogens is 379 g/mol. The van der Waals surface area contributed by atoms with Crippen LogP contribution in [0.15, 0.2) is 24.3 Å². The van der Waals surface area contributed by atoms with Crippen molar-refractivity contribution in [3.8, 4) is 0 Å². The summed E-state index contributed by atoms with van der Waals surface area (Å²) in [4.78, 5) is 12.3. The maximum atomic E-state index is 12.3. The first-order valence-electron chi connectivity index (χ1n) is 8.16. The molecule has 1 amide bonds. The van der Waals surface area contributed by atoms with E-state index in [4.69, 9.17) is 0 Å². The first-order chi connectivity index (χ1) is 11.2. The van der Waals surface area contributed by atoms with Crippen molar-refractivity contribution in [1.29, 1.82) is 0 Å². The molecule has 2 aromatic rings. The van der Waals surface area contributed by atoms with Crippen molar-refractivity contribution < 1.29 is 4.79 Å². The van der Waals surface area contributed by atoms with E-state index in [1.54, 1.807) is 0 Å². The number of nitrogens with one attached hydrogen (secondary N) is 2. The molecule has 1 heterocycles. The lowest BCUT2D eigenvalue weighted by Crippen LogP contribution is -2.37. The van der Waals surface area contributed by atoms with Crippen LogP contribution in [0.1, 0.15) is 52.5 Å². The number of amides is 1. The second kappa shape index (κ2) is 8.45. The van der Waals surface area contributed by atoms with Gasteiger partial charge in [-0.15, -0.1) is 35.0 Å². The van der Waals surface area contributed by atoms with Crippen LogP contribution in [-0.4, -0.2) is 28.2 Å². The van der Waals surface area contributed by atoms with Gasteiger partial charge >= 0.3 is 0 Å². The number of hydrogen-bond acceptors (Lipinski definition) is 5. The molecule has 1 aromatic heterocycles. The van der Waals surface area contributed by atoms with Crippen LogP contribution in [0.5, 0.6) is 0 Å². The Hall–Kier alpha value is -1.21. The van der Waals surface area contributed by atoms with E-state index in [0.29, 0.717) is 22.7 Å². The second-order valence-corrected chi connectivity index (χ2v) is 7.63. The lowest BCUT2D eigenvalue weighted by molar-refractivity contribution is 0.102. The van der Waals surface area contributed by atoms with Gasteiger partial charge < -0.3 is 5.32 Å². The molecule has 2 atom stereocenters. The monoisotopic (exact) mass is 400 g/mol. The summed E-state index contributed by atoms with van der Waals surface area (Å²) in [6.07, 6.45) is 5.16. The smallest absolute Gasteiger partial charge is 0.257 e. The van der Waals surface area contributed by atoms with Gasteiger partial charge in [0, 0.05) is 23.6 Å². The number of carbonyl (C=O) groups excluding carboxylic acids is 1. The van der Waals surface area contributed by atoms with Crippen molar-refractivity contribution in [1.82, 2.24) is 15.5 Å². The Morgan fingerprint density at radius 2 is 2.04 bits per heavy atom. The number of hydrogen-bond donors (Lipinski definition) is 2. The highest BCUT2D eigenvalue weighted by Crippen LogP contribution is 2.42. The molecule has 0 spiro atoms.